The summed E-state index contributed by atoms with van der Waals surface area (Å²) in [5.74, 6) is 0.731. The highest BCUT2D eigenvalue weighted by atomic mass is 32.1. The Bertz CT molecular complexity index is 718. The molecule has 2 aliphatic rings. The van der Waals surface area contributed by atoms with Crippen LogP contribution in [0, 0.1) is 6.92 Å². The highest BCUT2D eigenvalue weighted by molar-refractivity contribution is 7.13. The van der Waals surface area contributed by atoms with Gasteiger partial charge >= 0.3 is 0 Å². The number of carbonyl (C=O) groups is 1. The Kier molecular flexibility index (Phi) is 4.24. The normalized spacial score (nSPS) is 26.2. The van der Waals surface area contributed by atoms with Crippen LogP contribution in [0.5, 0.6) is 5.88 Å². The van der Waals surface area contributed by atoms with Crippen LogP contribution in [0.4, 0.5) is 0 Å². The predicted molar refractivity (Wildman–Crippen MR) is 91.5 cm³/mol. The van der Waals surface area contributed by atoms with Crippen molar-refractivity contribution in [2.24, 2.45) is 0 Å². The predicted octanol–water partition coefficient (Wildman–Crippen LogP) is 2.90. The molecule has 4 rings (SSSR count). The summed E-state index contributed by atoms with van der Waals surface area (Å²) in [6.45, 7) is 3.22. The zero-order valence-electron chi connectivity index (χ0n) is 13.6. The zero-order valence-corrected chi connectivity index (χ0v) is 14.4. The summed E-state index contributed by atoms with van der Waals surface area (Å²) in [6, 6.07) is 9.63. The second kappa shape index (κ2) is 6.53. The van der Waals surface area contributed by atoms with Crippen molar-refractivity contribution in [1.29, 1.82) is 0 Å². The molecule has 5 nitrogen and oxygen atoms in total. The third kappa shape index (κ3) is 2.91. The van der Waals surface area contributed by atoms with Crippen molar-refractivity contribution in [2.75, 3.05) is 13.2 Å². The fourth-order valence-electron chi connectivity index (χ4n) is 3.56. The molecule has 126 valence electrons. The summed E-state index contributed by atoms with van der Waals surface area (Å²) < 4.78 is 12.0. The average molecular weight is 344 g/mol. The molecule has 0 aromatic carbocycles. The maximum atomic E-state index is 12.8. The van der Waals surface area contributed by atoms with Gasteiger partial charge in [-0.2, -0.15) is 0 Å². The first-order valence-corrected chi connectivity index (χ1v) is 9.11. The van der Waals surface area contributed by atoms with Crippen LogP contribution in [-0.2, 0) is 4.74 Å². The van der Waals surface area contributed by atoms with Crippen molar-refractivity contribution in [3.05, 3.63) is 46.3 Å². The van der Waals surface area contributed by atoms with Crippen molar-refractivity contribution in [1.82, 2.24) is 9.88 Å². The van der Waals surface area contributed by atoms with Gasteiger partial charge in [-0.25, -0.2) is 4.98 Å². The first-order valence-electron chi connectivity index (χ1n) is 8.29. The zero-order chi connectivity index (χ0) is 16.5. The number of carbonyl (C=O) groups excluding carboxylic acids is 1. The van der Waals surface area contributed by atoms with Gasteiger partial charge in [0.25, 0.3) is 5.91 Å². The van der Waals surface area contributed by atoms with Crippen molar-refractivity contribution >= 4 is 17.2 Å². The van der Waals surface area contributed by atoms with Gasteiger partial charge in [-0.15, -0.1) is 11.3 Å². The fourth-order valence-corrected chi connectivity index (χ4v) is 4.38. The maximum absolute atomic E-state index is 12.8. The minimum atomic E-state index is -0.0780. The van der Waals surface area contributed by atoms with Gasteiger partial charge in [-0.3, -0.25) is 4.79 Å². The number of rotatable bonds is 3. The summed E-state index contributed by atoms with van der Waals surface area (Å²) >= 11 is 1.55. The van der Waals surface area contributed by atoms with E-state index < -0.39 is 0 Å². The number of fused-ring (bicyclic) bond motifs is 1. The van der Waals surface area contributed by atoms with E-state index in [1.54, 1.807) is 17.5 Å². The van der Waals surface area contributed by atoms with Crippen LogP contribution >= 0.6 is 11.3 Å². The van der Waals surface area contributed by atoms with Crippen LogP contribution < -0.4 is 4.74 Å². The van der Waals surface area contributed by atoms with E-state index in [4.69, 9.17) is 9.47 Å². The van der Waals surface area contributed by atoms with Gasteiger partial charge in [0.05, 0.1) is 17.5 Å². The number of nitrogens with zero attached hydrogens (tertiary/aromatic N) is 2. The molecular weight excluding hydrogens is 324 g/mol. The van der Waals surface area contributed by atoms with E-state index in [0.29, 0.717) is 19.0 Å². The quantitative estimate of drug-likeness (QED) is 0.859. The molecule has 0 unspecified atom stereocenters. The standard InChI is InChI=1S/C18H20N2O3S/c1-12-5-8-15(24-12)18(21)20-10-11-22-17-13(20)6-7-14(17)23-16-4-2-3-9-19-16/h2-5,8-9,13-14,17H,6-7,10-11H2,1H3/t13-,14-,17+/m0/s1. The summed E-state index contributed by atoms with van der Waals surface area (Å²) in [5, 5.41) is 0. The third-order valence-electron chi connectivity index (χ3n) is 4.66. The van der Waals surface area contributed by atoms with E-state index in [1.807, 2.05) is 42.2 Å². The molecule has 1 saturated heterocycles. The number of hydrogen-bond acceptors (Lipinski definition) is 5. The molecule has 2 aromatic heterocycles. The molecule has 1 saturated carbocycles. The average Bonchev–Trinajstić information content (AvgIpc) is 3.22. The highest BCUT2D eigenvalue weighted by Gasteiger charge is 2.46. The second-order valence-electron chi connectivity index (χ2n) is 6.21. The summed E-state index contributed by atoms with van der Waals surface area (Å²) in [6.07, 6.45) is 3.37. The van der Waals surface area contributed by atoms with Crippen LogP contribution in [0.15, 0.2) is 36.5 Å². The number of amides is 1. The Hall–Kier alpha value is -1.92. The molecular formula is C18H20N2O3S. The van der Waals surface area contributed by atoms with Gasteiger partial charge < -0.3 is 14.4 Å². The Balaban J connectivity index is 1.49. The molecule has 6 heteroatoms. The second-order valence-corrected chi connectivity index (χ2v) is 7.50. The molecule has 1 aliphatic heterocycles. The van der Waals surface area contributed by atoms with Crippen LogP contribution in [0.2, 0.25) is 0 Å². The Morgan fingerprint density at radius 1 is 1.33 bits per heavy atom. The molecule has 3 atom stereocenters. The summed E-state index contributed by atoms with van der Waals surface area (Å²) in [7, 11) is 0. The lowest BCUT2D eigenvalue weighted by molar-refractivity contribution is -0.0792. The number of pyridine rings is 1. The minimum Gasteiger partial charge on any atom is -0.471 e. The largest absolute Gasteiger partial charge is 0.471 e. The van der Waals surface area contributed by atoms with E-state index in [2.05, 4.69) is 4.98 Å². The summed E-state index contributed by atoms with van der Waals surface area (Å²) in [5.41, 5.74) is 0. The molecule has 2 aromatic rings. The van der Waals surface area contributed by atoms with Crippen molar-refractivity contribution in [3.8, 4) is 5.88 Å². The first-order chi connectivity index (χ1) is 11.7. The topological polar surface area (TPSA) is 51.7 Å². The summed E-state index contributed by atoms with van der Waals surface area (Å²) in [4.78, 5) is 21.0. The number of thiophene rings is 1. The molecule has 1 aliphatic carbocycles. The van der Waals surface area contributed by atoms with Gasteiger partial charge in [0.15, 0.2) is 0 Å². The fraction of sp³-hybridized carbons (Fsp3) is 0.444. The monoisotopic (exact) mass is 344 g/mol. The molecule has 2 fully saturated rings. The first kappa shape index (κ1) is 15.6. The lowest BCUT2D eigenvalue weighted by atomic mass is 10.1. The molecule has 1 amide bonds. The molecule has 0 radical (unpaired) electrons. The number of hydrogen-bond donors (Lipinski definition) is 0. The molecule has 24 heavy (non-hydrogen) atoms. The van der Waals surface area contributed by atoms with Crippen molar-refractivity contribution < 1.29 is 14.3 Å². The van der Waals surface area contributed by atoms with Crippen LogP contribution in [0.25, 0.3) is 0 Å². The van der Waals surface area contributed by atoms with E-state index in [1.165, 1.54) is 0 Å². The molecule has 3 heterocycles. The van der Waals surface area contributed by atoms with Gasteiger partial charge in [-0.1, -0.05) is 6.07 Å². The Morgan fingerprint density at radius 3 is 3.00 bits per heavy atom. The maximum Gasteiger partial charge on any atom is 0.264 e. The van der Waals surface area contributed by atoms with E-state index >= 15 is 0 Å². The molecule has 0 bridgehead atoms. The number of morpholine rings is 1. The Labute approximate surface area is 145 Å². The van der Waals surface area contributed by atoms with Crippen molar-refractivity contribution in [2.45, 2.75) is 38.0 Å². The van der Waals surface area contributed by atoms with Gasteiger partial charge in [0, 0.05) is 23.7 Å². The number of aromatic nitrogens is 1. The van der Waals surface area contributed by atoms with Crippen molar-refractivity contribution in [3.63, 3.8) is 0 Å². The molecule has 0 N–H and O–H groups in total. The van der Waals surface area contributed by atoms with Crippen LogP contribution in [-0.4, -0.2) is 47.2 Å². The Morgan fingerprint density at radius 2 is 2.25 bits per heavy atom. The number of aryl methyl sites for hydroxylation is 1. The van der Waals surface area contributed by atoms with E-state index in [-0.39, 0.29) is 24.2 Å². The van der Waals surface area contributed by atoms with Crippen LogP contribution in [0.3, 0.4) is 0 Å². The van der Waals surface area contributed by atoms with Gasteiger partial charge in [0.1, 0.15) is 12.2 Å². The highest BCUT2D eigenvalue weighted by Crippen LogP contribution is 2.34. The van der Waals surface area contributed by atoms with Gasteiger partial charge in [0.2, 0.25) is 5.88 Å². The van der Waals surface area contributed by atoms with E-state index in [9.17, 15) is 4.79 Å². The third-order valence-corrected chi connectivity index (χ3v) is 5.65. The SMILES string of the molecule is Cc1ccc(C(=O)N2CCO[C@H]3[C@@H](Oc4ccccn4)CC[C@@H]32)s1. The van der Waals surface area contributed by atoms with E-state index in [0.717, 1.165) is 22.6 Å². The van der Waals surface area contributed by atoms with Crippen LogP contribution in [0.1, 0.15) is 27.4 Å². The minimum absolute atomic E-state index is 0.0504. The van der Waals surface area contributed by atoms with Gasteiger partial charge in [-0.05, 0) is 38.0 Å². The molecule has 0 spiro atoms. The lowest BCUT2D eigenvalue weighted by Gasteiger charge is -2.38. The lowest BCUT2D eigenvalue weighted by Crippen LogP contribution is -2.54. The smallest absolute Gasteiger partial charge is 0.264 e. The number of ether oxygens (including phenoxy) is 2.